The molecule has 0 spiro atoms. The summed E-state index contributed by atoms with van der Waals surface area (Å²) in [6.07, 6.45) is 0.886. The minimum atomic E-state index is -0.268. The Morgan fingerprint density at radius 1 is 1.45 bits per heavy atom. The van der Waals surface area contributed by atoms with Crippen molar-refractivity contribution >= 4 is 0 Å². The Morgan fingerprint density at radius 2 is 2.09 bits per heavy atom. The molecule has 1 heterocycles. The molecule has 1 saturated heterocycles. The van der Waals surface area contributed by atoms with Gasteiger partial charge >= 0.3 is 0 Å². The first-order chi connectivity index (χ1) is 5.33. The van der Waals surface area contributed by atoms with Crippen molar-refractivity contribution in [2.45, 2.75) is 25.0 Å². The highest BCUT2D eigenvalue weighted by atomic mass is 16.5. The SMILES string of the molecule is CO.OC[C@@H]1C[C@H](O)CCO1. The minimum absolute atomic E-state index is 0.0249. The van der Waals surface area contributed by atoms with Crippen LogP contribution in [-0.4, -0.2) is 47.9 Å². The summed E-state index contributed by atoms with van der Waals surface area (Å²) in [7, 11) is 1.00. The maximum Gasteiger partial charge on any atom is 0.0830 e. The third-order valence-electron chi connectivity index (χ3n) is 1.54. The average Bonchev–Trinajstić information content (AvgIpc) is 2.08. The zero-order valence-electron chi connectivity index (χ0n) is 6.73. The molecule has 11 heavy (non-hydrogen) atoms. The summed E-state index contributed by atoms with van der Waals surface area (Å²) in [5, 5.41) is 24.6. The van der Waals surface area contributed by atoms with Gasteiger partial charge in [-0.05, 0) is 6.42 Å². The smallest absolute Gasteiger partial charge is 0.0830 e. The Kier molecular flexibility index (Phi) is 6.45. The Labute approximate surface area is 66.4 Å². The van der Waals surface area contributed by atoms with Gasteiger partial charge in [0.2, 0.25) is 0 Å². The van der Waals surface area contributed by atoms with Gasteiger partial charge in [-0.2, -0.15) is 0 Å². The molecule has 1 fully saturated rings. The van der Waals surface area contributed by atoms with Crippen LogP contribution in [0, 0.1) is 0 Å². The van der Waals surface area contributed by atoms with Crippen molar-refractivity contribution in [2.24, 2.45) is 0 Å². The predicted molar refractivity (Wildman–Crippen MR) is 40.2 cm³/mol. The second-order valence-corrected chi connectivity index (χ2v) is 2.35. The van der Waals surface area contributed by atoms with Gasteiger partial charge < -0.3 is 20.1 Å². The molecule has 0 saturated carbocycles. The summed E-state index contributed by atoms with van der Waals surface area (Å²) in [6, 6.07) is 0. The number of rotatable bonds is 1. The second-order valence-electron chi connectivity index (χ2n) is 2.35. The lowest BCUT2D eigenvalue weighted by molar-refractivity contribution is -0.0642. The third-order valence-corrected chi connectivity index (χ3v) is 1.54. The van der Waals surface area contributed by atoms with E-state index in [4.69, 9.17) is 20.1 Å². The average molecular weight is 164 g/mol. The van der Waals surface area contributed by atoms with E-state index in [0.29, 0.717) is 19.4 Å². The fraction of sp³-hybridized carbons (Fsp3) is 1.00. The Morgan fingerprint density at radius 3 is 2.45 bits per heavy atom. The van der Waals surface area contributed by atoms with Crippen LogP contribution in [-0.2, 0) is 4.74 Å². The van der Waals surface area contributed by atoms with E-state index in [2.05, 4.69) is 0 Å². The number of hydrogen-bond donors (Lipinski definition) is 3. The van der Waals surface area contributed by atoms with Crippen LogP contribution < -0.4 is 0 Å². The zero-order chi connectivity index (χ0) is 8.69. The van der Waals surface area contributed by atoms with Crippen LogP contribution in [0.15, 0.2) is 0 Å². The molecule has 3 N–H and O–H groups in total. The van der Waals surface area contributed by atoms with Gasteiger partial charge in [-0.3, -0.25) is 0 Å². The summed E-state index contributed by atoms with van der Waals surface area (Å²) >= 11 is 0. The molecule has 0 radical (unpaired) electrons. The van der Waals surface area contributed by atoms with Crippen LogP contribution in [0.5, 0.6) is 0 Å². The lowest BCUT2D eigenvalue weighted by Gasteiger charge is -2.24. The summed E-state index contributed by atoms with van der Waals surface area (Å²) in [5.41, 5.74) is 0. The summed E-state index contributed by atoms with van der Waals surface area (Å²) < 4.78 is 5.09. The molecule has 68 valence electrons. The molecule has 4 heteroatoms. The Balaban J connectivity index is 0.000000461. The monoisotopic (exact) mass is 164 g/mol. The maximum absolute atomic E-state index is 9.02. The van der Waals surface area contributed by atoms with Crippen LogP contribution in [0.3, 0.4) is 0 Å². The van der Waals surface area contributed by atoms with Gasteiger partial charge in [0.1, 0.15) is 0 Å². The van der Waals surface area contributed by atoms with Crippen molar-refractivity contribution < 1.29 is 20.1 Å². The van der Waals surface area contributed by atoms with E-state index >= 15 is 0 Å². The highest BCUT2D eigenvalue weighted by Crippen LogP contribution is 2.12. The quantitative estimate of drug-likeness (QED) is 0.471. The first-order valence-corrected chi connectivity index (χ1v) is 3.68. The van der Waals surface area contributed by atoms with Crippen LogP contribution in [0.2, 0.25) is 0 Å². The summed E-state index contributed by atoms with van der Waals surface area (Å²) in [4.78, 5) is 0. The van der Waals surface area contributed by atoms with Gasteiger partial charge in [0.15, 0.2) is 0 Å². The fourth-order valence-corrected chi connectivity index (χ4v) is 0.987. The lowest BCUT2D eigenvalue weighted by atomic mass is 10.1. The molecule has 1 aliphatic heterocycles. The van der Waals surface area contributed by atoms with E-state index in [1.807, 2.05) is 0 Å². The van der Waals surface area contributed by atoms with Gasteiger partial charge in [-0.1, -0.05) is 0 Å². The highest BCUT2D eigenvalue weighted by Gasteiger charge is 2.19. The summed E-state index contributed by atoms with van der Waals surface area (Å²) in [5.74, 6) is 0. The molecule has 0 amide bonds. The molecule has 0 aromatic rings. The molecular weight excluding hydrogens is 148 g/mol. The van der Waals surface area contributed by atoms with Gasteiger partial charge in [-0.15, -0.1) is 0 Å². The molecule has 0 bridgehead atoms. The van der Waals surface area contributed by atoms with Crippen molar-refractivity contribution in [3.8, 4) is 0 Å². The second kappa shape index (κ2) is 6.54. The fourth-order valence-electron chi connectivity index (χ4n) is 0.987. The van der Waals surface area contributed by atoms with Crippen molar-refractivity contribution in [1.29, 1.82) is 0 Å². The minimum Gasteiger partial charge on any atom is -0.400 e. The Hall–Kier alpha value is -0.160. The summed E-state index contributed by atoms with van der Waals surface area (Å²) in [6.45, 7) is 0.601. The van der Waals surface area contributed by atoms with E-state index in [9.17, 15) is 0 Å². The van der Waals surface area contributed by atoms with Gasteiger partial charge in [-0.25, -0.2) is 0 Å². The van der Waals surface area contributed by atoms with E-state index < -0.39 is 0 Å². The van der Waals surface area contributed by atoms with Crippen LogP contribution >= 0.6 is 0 Å². The molecule has 4 nitrogen and oxygen atoms in total. The van der Waals surface area contributed by atoms with Gasteiger partial charge in [0, 0.05) is 20.1 Å². The normalized spacial score (nSPS) is 30.5. The molecule has 0 aliphatic carbocycles. The first-order valence-electron chi connectivity index (χ1n) is 3.68. The number of aliphatic hydroxyl groups is 3. The zero-order valence-corrected chi connectivity index (χ0v) is 6.73. The van der Waals surface area contributed by atoms with Crippen molar-refractivity contribution in [1.82, 2.24) is 0 Å². The van der Waals surface area contributed by atoms with Crippen molar-refractivity contribution in [3.05, 3.63) is 0 Å². The molecule has 0 aromatic heterocycles. The highest BCUT2D eigenvalue weighted by molar-refractivity contribution is 4.68. The molecule has 1 aliphatic rings. The Bertz CT molecular complexity index is 86.5. The lowest BCUT2D eigenvalue weighted by Crippen LogP contribution is -2.31. The number of ether oxygens (including phenoxy) is 1. The van der Waals surface area contributed by atoms with E-state index in [1.165, 1.54) is 0 Å². The molecule has 2 atom stereocenters. The molecule has 0 aromatic carbocycles. The molecular formula is C7H16O4. The third kappa shape index (κ3) is 4.31. The van der Waals surface area contributed by atoms with E-state index in [1.54, 1.807) is 0 Å². The van der Waals surface area contributed by atoms with E-state index in [-0.39, 0.29) is 18.8 Å². The van der Waals surface area contributed by atoms with Crippen molar-refractivity contribution in [2.75, 3.05) is 20.3 Å². The van der Waals surface area contributed by atoms with Crippen LogP contribution in [0.1, 0.15) is 12.8 Å². The maximum atomic E-state index is 9.02. The standard InChI is InChI=1S/C6H12O3.CH4O/c7-4-6-3-5(8)1-2-9-6;1-2/h5-8H,1-4H2;2H,1H3/t5-,6+;/m1./s1. The number of aliphatic hydroxyl groups excluding tert-OH is 3. The van der Waals surface area contributed by atoms with Gasteiger partial charge in [0.25, 0.3) is 0 Å². The van der Waals surface area contributed by atoms with Crippen LogP contribution in [0.25, 0.3) is 0 Å². The first kappa shape index (κ1) is 10.8. The van der Waals surface area contributed by atoms with Crippen molar-refractivity contribution in [3.63, 3.8) is 0 Å². The largest absolute Gasteiger partial charge is 0.400 e. The number of hydrogen-bond acceptors (Lipinski definition) is 4. The molecule has 0 unspecified atom stereocenters. The topological polar surface area (TPSA) is 69.9 Å². The predicted octanol–water partition coefficient (Wildman–Crippen LogP) is -0.873. The van der Waals surface area contributed by atoms with Gasteiger partial charge in [0.05, 0.1) is 18.8 Å². The van der Waals surface area contributed by atoms with E-state index in [0.717, 1.165) is 7.11 Å². The van der Waals surface area contributed by atoms with Crippen LogP contribution in [0.4, 0.5) is 0 Å². The molecule has 1 rings (SSSR count).